The Morgan fingerprint density at radius 2 is 1.75 bits per heavy atom. The third-order valence-electron chi connectivity index (χ3n) is 3.77. The lowest BCUT2D eigenvalue weighted by molar-refractivity contribution is 0.0946. The number of para-hydroxylation sites is 1. The number of hydrogen-bond donors (Lipinski definition) is 2. The molecule has 2 N–H and O–H groups in total. The minimum absolute atomic E-state index is 0.170. The summed E-state index contributed by atoms with van der Waals surface area (Å²) in [7, 11) is 0. The van der Waals surface area contributed by atoms with Gasteiger partial charge < -0.3 is 10.6 Å². The van der Waals surface area contributed by atoms with E-state index in [4.69, 9.17) is 0 Å². The molecule has 1 amide bonds. The van der Waals surface area contributed by atoms with Gasteiger partial charge in [0.05, 0.1) is 5.52 Å². The Morgan fingerprint density at radius 3 is 2.46 bits per heavy atom. The number of carbonyl (C=O) groups is 1. The Kier molecular flexibility index (Phi) is 4.70. The van der Waals surface area contributed by atoms with Crippen LogP contribution in [0.4, 0.5) is 11.5 Å². The Balaban J connectivity index is 2.02. The van der Waals surface area contributed by atoms with Gasteiger partial charge in [-0.2, -0.15) is 0 Å². The van der Waals surface area contributed by atoms with Gasteiger partial charge in [0.2, 0.25) is 5.82 Å². The van der Waals surface area contributed by atoms with Gasteiger partial charge >= 0.3 is 0 Å². The molecule has 2 aromatic carbocycles. The minimum atomic E-state index is -0.271. The molecule has 0 aliphatic heterocycles. The lowest BCUT2D eigenvalue weighted by Crippen LogP contribution is -2.25. The molecular weight excluding hydrogens is 300 g/mol. The van der Waals surface area contributed by atoms with Gasteiger partial charge in [-0.05, 0) is 43.2 Å². The number of fused-ring (bicyclic) bond motifs is 1. The molecule has 5 heteroatoms. The number of hydrogen-bond acceptors (Lipinski definition) is 4. The Hall–Kier alpha value is -2.95. The fraction of sp³-hybridized carbons (Fsp3) is 0.211. The number of aromatic nitrogens is 2. The third kappa shape index (κ3) is 3.35. The molecule has 0 aliphatic carbocycles. The lowest BCUT2D eigenvalue weighted by Gasteiger charge is -2.11. The van der Waals surface area contributed by atoms with Crippen LogP contribution in [-0.4, -0.2) is 22.4 Å². The van der Waals surface area contributed by atoms with Crippen LogP contribution in [0.2, 0.25) is 0 Å². The van der Waals surface area contributed by atoms with Crippen molar-refractivity contribution < 1.29 is 4.79 Å². The number of aryl methyl sites for hydroxylation is 1. The normalized spacial score (nSPS) is 10.6. The van der Waals surface area contributed by atoms with Gasteiger partial charge in [0.15, 0.2) is 0 Å². The van der Waals surface area contributed by atoms with Crippen LogP contribution in [0.1, 0.15) is 30.0 Å². The van der Waals surface area contributed by atoms with Gasteiger partial charge in [-0.3, -0.25) is 4.79 Å². The highest BCUT2D eigenvalue weighted by Gasteiger charge is 2.13. The van der Waals surface area contributed by atoms with Crippen LogP contribution < -0.4 is 10.6 Å². The van der Waals surface area contributed by atoms with Crippen LogP contribution >= 0.6 is 0 Å². The largest absolute Gasteiger partial charge is 0.350 e. The summed E-state index contributed by atoms with van der Waals surface area (Å²) in [5.74, 6) is 0.530. The summed E-state index contributed by atoms with van der Waals surface area (Å²) in [5.41, 5.74) is 2.94. The first-order chi connectivity index (χ1) is 11.7. The number of nitrogens with one attached hydrogen (secondary N) is 2. The first-order valence-electron chi connectivity index (χ1n) is 8.12. The van der Waals surface area contributed by atoms with Gasteiger partial charge in [0, 0.05) is 17.6 Å². The van der Waals surface area contributed by atoms with E-state index in [-0.39, 0.29) is 11.7 Å². The number of nitrogens with zero attached hydrogens (tertiary/aromatic N) is 2. The number of benzene rings is 2. The second-order valence-corrected chi connectivity index (χ2v) is 5.45. The standard InChI is InChI=1S/C19H20N4O/c1-3-13-9-11-14(12-10-13)21-17-15-7-5-6-8-16(15)22-18(23-17)19(24)20-4-2/h5-12H,3-4H2,1-2H3,(H,20,24)(H,21,22,23). The highest BCUT2D eigenvalue weighted by Crippen LogP contribution is 2.24. The molecule has 0 bridgehead atoms. The van der Waals surface area contributed by atoms with E-state index in [9.17, 15) is 4.79 Å². The van der Waals surface area contributed by atoms with Gasteiger partial charge in [-0.25, -0.2) is 9.97 Å². The van der Waals surface area contributed by atoms with Gasteiger partial charge in [-0.1, -0.05) is 31.2 Å². The SMILES string of the molecule is CCNC(=O)c1nc(Nc2ccc(CC)cc2)c2ccccc2n1. The zero-order chi connectivity index (χ0) is 16.9. The van der Waals surface area contributed by atoms with Crippen molar-refractivity contribution in [1.82, 2.24) is 15.3 Å². The van der Waals surface area contributed by atoms with Crippen molar-refractivity contribution in [1.29, 1.82) is 0 Å². The summed E-state index contributed by atoms with van der Waals surface area (Å²) in [6.07, 6.45) is 0.998. The van der Waals surface area contributed by atoms with E-state index in [1.54, 1.807) is 0 Å². The van der Waals surface area contributed by atoms with E-state index in [2.05, 4.69) is 39.7 Å². The van der Waals surface area contributed by atoms with Crippen LogP contribution in [0, 0.1) is 0 Å². The van der Waals surface area contributed by atoms with E-state index in [0.717, 1.165) is 23.0 Å². The fourth-order valence-electron chi connectivity index (χ4n) is 2.47. The maximum Gasteiger partial charge on any atom is 0.289 e. The van der Waals surface area contributed by atoms with Crippen LogP contribution in [0.5, 0.6) is 0 Å². The quantitative estimate of drug-likeness (QED) is 0.752. The molecule has 0 atom stereocenters. The zero-order valence-corrected chi connectivity index (χ0v) is 13.8. The Bertz CT molecular complexity index is 859. The van der Waals surface area contributed by atoms with Crippen molar-refractivity contribution in [3.63, 3.8) is 0 Å². The molecule has 5 nitrogen and oxygen atoms in total. The highest BCUT2D eigenvalue weighted by atomic mass is 16.2. The second-order valence-electron chi connectivity index (χ2n) is 5.45. The number of amides is 1. The van der Waals surface area contributed by atoms with Gasteiger partial charge in [0.25, 0.3) is 5.91 Å². The fourth-order valence-corrected chi connectivity index (χ4v) is 2.47. The molecule has 0 fully saturated rings. The number of carbonyl (C=O) groups excluding carboxylic acids is 1. The van der Waals surface area contributed by atoms with E-state index in [1.807, 2.05) is 43.3 Å². The average Bonchev–Trinajstić information content (AvgIpc) is 2.62. The van der Waals surface area contributed by atoms with E-state index in [1.165, 1.54) is 5.56 Å². The lowest BCUT2D eigenvalue weighted by atomic mass is 10.1. The maximum atomic E-state index is 12.1. The van der Waals surface area contributed by atoms with Crippen molar-refractivity contribution in [3.05, 3.63) is 59.9 Å². The average molecular weight is 320 g/mol. The predicted molar refractivity (Wildman–Crippen MR) is 96.6 cm³/mol. The minimum Gasteiger partial charge on any atom is -0.350 e. The van der Waals surface area contributed by atoms with Crippen molar-refractivity contribution in [2.75, 3.05) is 11.9 Å². The number of anilines is 2. The molecule has 0 aliphatic rings. The molecule has 0 radical (unpaired) electrons. The zero-order valence-electron chi connectivity index (χ0n) is 13.8. The van der Waals surface area contributed by atoms with Crippen molar-refractivity contribution in [2.45, 2.75) is 20.3 Å². The molecule has 3 aromatic rings. The van der Waals surface area contributed by atoms with Gasteiger partial charge in [0.1, 0.15) is 5.82 Å². The molecular formula is C19H20N4O. The topological polar surface area (TPSA) is 66.9 Å². The first-order valence-corrected chi connectivity index (χ1v) is 8.12. The molecule has 122 valence electrons. The highest BCUT2D eigenvalue weighted by molar-refractivity contribution is 5.97. The van der Waals surface area contributed by atoms with Crippen LogP contribution in [0.25, 0.3) is 10.9 Å². The third-order valence-corrected chi connectivity index (χ3v) is 3.77. The molecule has 0 unspecified atom stereocenters. The molecule has 0 saturated heterocycles. The summed E-state index contributed by atoms with van der Waals surface area (Å²) in [5, 5.41) is 6.93. The molecule has 0 saturated carbocycles. The molecule has 1 heterocycles. The smallest absolute Gasteiger partial charge is 0.289 e. The molecule has 1 aromatic heterocycles. The number of rotatable bonds is 5. The van der Waals surface area contributed by atoms with Crippen LogP contribution in [0.3, 0.4) is 0 Å². The van der Waals surface area contributed by atoms with E-state index >= 15 is 0 Å². The summed E-state index contributed by atoms with van der Waals surface area (Å²) < 4.78 is 0. The molecule has 24 heavy (non-hydrogen) atoms. The van der Waals surface area contributed by atoms with Crippen LogP contribution in [-0.2, 0) is 6.42 Å². The Labute approximate surface area is 141 Å². The summed E-state index contributed by atoms with van der Waals surface area (Å²) in [4.78, 5) is 20.9. The first kappa shape index (κ1) is 15.9. The van der Waals surface area contributed by atoms with Gasteiger partial charge in [-0.15, -0.1) is 0 Å². The summed E-state index contributed by atoms with van der Waals surface area (Å²) >= 11 is 0. The Morgan fingerprint density at radius 1 is 1.00 bits per heavy atom. The summed E-state index contributed by atoms with van der Waals surface area (Å²) in [6, 6.07) is 15.8. The molecule has 0 spiro atoms. The maximum absolute atomic E-state index is 12.1. The predicted octanol–water partition coefficient (Wildman–Crippen LogP) is 3.69. The monoisotopic (exact) mass is 320 g/mol. The van der Waals surface area contributed by atoms with Crippen LogP contribution in [0.15, 0.2) is 48.5 Å². The second kappa shape index (κ2) is 7.08. The van der Waals surface area contributed by atoms with E-state index < -0.39 is 0 Å². The van der Waals surface area contributed by atoms with Crippen molar-refractivity contribution in [2.24, 2.45) is 0 Å². The summed E-state index contributed by atoms with van der Waals surface area (Å²) in [6.45, 7) is 4.53. The van der Waals surface area contributed by atoms with E-state index in [0.29, 0.717) is 12.4 Å². The van der Waals surface area contributed by atoms with Crippen molar-refractivity contribution in [3.8, 4) is 0 Å². The molecule has 3 rings (SSSR count). The van der Waals surface area contributed by atoms with Crippen molar-refractivity contribution >= 4 is 28.3 Å².